The van der Waals surface area contributed by atoms with Gasteiger partial charge in [0.2, 0.25) is 0 Å². The van der Waals surface area contributed by atoms with Crippen LogP contribution in [0.5, 0.6) is 0 Å². The summed E-state index contributed by atoms with van der Waals surface area (Å²) in [4.78, 5) is 0. The fourth-order valence-corrected chi connectivity index (χ4v) is 1.92. The molecule has 0 spiro atoms. The minimum atomic E-state index is 0.547. The second-order valence-corrected chi connectivity index (χ2v) is 4.39. The molecule has 0 radical (unpaired) electrons. The molecule has 15 heavy (non-hydrogen) atoms. The Labute approximate surface area is 93.9 Å². The Bertz CT molecular complexity index is 293. The van der Waals surface area contributed by atoms with Gasteiger partial charge < -0.3 is 5.32 Å². The highest BCUT2D eigenvalue weighted by Gasteiger charge is 2.14. The first-order chi connectivity index (χ1) is 7.16. The number of aryl methyl sites for hydroxylation is 1. The Morgan fingerprint density at radius 1 is 1.20 bits per heavy atom. The molecule has 1 rings (SSSR count). The third-order valence-corrected chi connectivity index (χ3v) is 3.15. The third-order valence-electron chi connectivity index (χ3n) is 3.15. The maximum Gasteiger partial charge on any atom is 0.0105 e. The predicted octanol–water partition coefficient (Wildman–Crippen LogP) is 3.49. The molecule has 0 aliphatic rings. The highest BCUT2D eigenvalue weighted by molar-refractivity contribution is 5.29. The first kappa shape index (κ1) is 12.3. The summed E-state index contributed by atoms with van der Waals surface area (Å²) in [7, 11) is 0. The maximum atomic E-state index is 3.56. The van der Waals surface area contributed by atoms with Gasteiger partial charge in [-0.2, -0.15) is 0 Å². The lowest BCUT2D eigenvalue weighted by molar-refractivity contribution is 0.480. The van der Waals surface area contributed by atoms with Gasteiger partial charge in [0, 0.05) is 6.04 Å². The molecule has 1 aromatic carbocycles. The van der Waals surface area contributed by atoms with Crippen LogP contribution >= 0.6 is 0 Å². The largest absolute Gasteiger partial charge is 0.314 e. The van der Waals surface area contributed by atoms with Crippen molar-refractivity contribution in [3.05, 3.63) is 35.4 Å². The van der Waals surface area contributed by atoms with Gasteiger partial charge in [0.15, 0.2) is 0 Å². The zero-order valence-corrected chi connectivity index (χ0v) is 10.4. The van der Waals surface area contributed by atoms with Crippen molar-refractivity contribution in [2.45, 2.75) is 46.1 Å². The van der Waals surface area contributed by atoms with Crippen LogP contribution in [-0.2, 0) is 0 Å². The zero-order chi connectivity index (χ0) is 11.3. The first-order valence-electron chi connectivity index (χ1n) is 5.95. The number of hydrogen-bond acceptors (Lipinski definition) is 1. The molecule has 1 N–H and O–H groups in total. The van der Waals surface area contributed by atoms with Gasteiger partial charge in [0.25, 0.3) is 0 Å². The normalized spacial score (nSPS) is 14.9. The Hall–Kier alpha value is -0.820. The fraction of sp³-hybridized carbons (Fsp3) is 0.571. The van der Waals surface area contributed by atoms with E-state index in [1.807, 2.05) is 0 Å². The molecular weight excluding hydrogens is 182 g/mol. The number of nitrogens with one attached hydrogen (secondary N) is 1. The molecule has 2 unspecified atom stereocenters. The molecule has 1 nitrogen and oxygen atoms in total. The summed E-state index contributed by atoms with van der Waals surface area (Å²) in [6.07, 6.45) is 1.20. The van der Waals surface area contributed by atoms with Crippen LogP contribution in [0.2, 0.25) is 0 Å². The molecule has 1 heteroatoms. The van der Waals surface area contributed by atoms with E-state index in [-0.39, 0.29) is 0 Å². The lowest BCUT2D eigenvalue weighted by atomic mass is 9.91. The molecule has 1 aromatic rings. The van der Waals surface area contributed by atoms with Crippen molar-refractivity contribution in [3.63, 3.8) is 0 Å². The van der Waals surface area contributed by atoms with Crippen LogP contribution in [0.15, 0.2) is 24.3 Å². The summed E-state index contributed by atoms with van der Waals surface area (Å²) in [5, 5.41) is 3.56. The van der Waals surface area contributed by atoms with Crippen LogP contribution in [0.25, 0.3) is 0 Å². The summed E-state index contributed by atoms with van der Waals surface area (Å²) in [6, 6.07) is 9.22. The lowest BCUT2D eigenvalue weighted by Crippen LogP contribution is -2.31. The van der Waals surface area contributed by atoms with Gasteiger partial charge >= 0.3 is 0 Å². The first-order valence-corrected chi connectivity index (χ1v) is 5.95. The van der Waals surface area contributed by atoms with Gasteiger partial charge in [0.05, 0.1) is 0 Å². The molecule has 0 aromatic heterocycles. The Kier molecular flexibility index (Phi) is 4.83. The summed E-state index contributed by atoms with van der Waals surface area (Å²) >= 11 is 0. The average Bonchev–Trinajstić information content (AvgIpc) is 2.25. The maximum absolute atomic E-state index is 3.56. The third kappa shape index (κ3) is 3.35. The van der Waals surface area contributed by atoms with Gasteiger partial charge in [-0.3, -0.25) is 0 Å². The Morgan fingerprint density at radius 3 is 2.47 bits per heavy atom. The molecule has 0 saturated carbocycles. The van der Waals surface area contributed by atoms with Crippen molar-refractivity contribution < 1.29 is 0 Å². The van der Waals surface area contributed by atoms with E-state index in [0.717, 1.165) is 6.54 Å². The summed E-state index contributed by atoms with van der Waals surface area (Å²) in [6.45, 7) is 10.1. The summed E-state index contributed by atoms with van der Waals surface area (Å²) in [5.41, 5.74) is 2.86. The van der Waals surface area contributed by atoms with Gasteiger partial charge in [-0.05, 0) is 43.9 Å². The Balaban J connectivity index is 2.67. The minimum Gasteiger partial charge on any atom is -0.314 e. The van der Waals surface area contributed by atoms with Crippen molar-refractivity contribution >= 4 is 0 Å². The van der Waals surface area contributed by atoms with Crippen molar-refractivity contribution in [1.82, 2.24) is 5.32 Å². The molecular formula is C14H23N. The van der Waals surface area contributed by atoms with Crippen LogP contribution in [0.4, 0.5) is 0 Å². The van der Waals surface area contributed by atoms with E-state index in [2.05, 4.69) is 57.3 Å². The molecule has 0 aliphatic heterocycles. The predicted molar refractivity (Wildman–Crippen MR) is 67.3 cm³/mol. The van der Waals surface area contributed by atoms with Crippen LogP contribution in [0.1, 0.15) is 44.2 Å². The highest BCUT2D eigenvalue weighted by atomic mass is 14.9. The molecule has 0 heterocycles. The standard InChI is InChI=1S/C14H23N/c1-5-10-15-13(4)12(3)14-9-7-6-8-11(14)2/h6-9,12-13,15H,5,10H2,1-4H3. The van der Waals surface area contributed by atoms with E-state index in [1.54, 1.807) is 0 Å². The lowest BCUT2D eigenvalue weighted by Gasteiger charge is -2.23. The van der Waals surface area contributed by atoms with E-state index in [0.29, 0.717) is 12.0 Å². The molecule has 84 valence electrons. The van der Waals surface area contributed by atoms with Gasteiger partial charge in [-0.25, -0.2) is 0 Å². The van der Waals surface area contributed by atoms with Crippen LogP contribution < -0.4 is 5.32 Å². The smallest absolute Gasteiger partial charge is 0.0105 e. The number of hydrogen-bond donors (Lipinski definition) is 1. The van der Waals surface area contributed by atoms with E-state index >= 15 is 0 Å². The number of rotatable bonds is 5. The van der Waals surface area contributed by atoms with E-state index in [1.165, 1.54) is 17.5 Å². The van der Waals surface area contributed by atoms with Crippen LogP contribution in [0, 0.1) is 6.92 Å². The Morgan fingerprint density at radius 2 is 1.87 bits per heavy atom. The topological polar surface area (TPSA) is 12.0 Å². The second-order valence-electron chi connectivity index (χ2n) is 4.39. The zero-order valence-electron chi connectivity index (χ0n) is 10.4. The monoisotopic (exact) mass is 205 g/mol. The molecule has 0 aliphatic carbocycles. The van der Waals surface area contributed by atoms with Gasteiger partial charge in [-0.1, -0.05) is 38.1 Å². The van der Waals surface area contributed by atoms with Crippen molar-refractivity contribution in [2.75, 3.05) is 6.54 Å². The summed E-state index contributed by atoms with van der Waals surface area (Å²) < 4.78 is 0. The fourth-order valence-electron chi connectivity index (χ4n) is 1.92. The quantitative estimate of drug-likeness (QED) is 0.776. The van der Waals surface area contributed by atoms with Crippen molar-refractivity contribution in [3.8, 4) is 0 Å². The molecule has 0 amide bonds. The van der Waals surface area contributed by atoms with Crippen LogP contribution in [0.3, 0.4) is 0 Å². The molecule has 2 atom stereocenters. The van der Waals surface area contributed by atoms with Gasteiger partial charge in [0.1, 0.15) is 0 Å². The minimum absolute atomic E-state index is 0.547. The van der Waals surface area contributed by atoms with Crippen molar-refractivity contribution in [2.24, 2.45) is 0 Å². The molecule has 0 fully saturated rings. The second kappa shape index (κ2) is 5.92. The molecule has 0 bridgehead atoms. The van der Waals surface area contributed by atoms with Gasteiger partial charge in [-0.15, -0.1) is 0 Å². The SMILES string of the molecule is CCCNC(C)C(C)c1ccccc1C. The van der Waals surface area contributed by atoms with E-state index in [4.69, 9.17) is 0 Å². The van der Waals surface area contributed by atoms with E-state index in [9.17, 15) is 0 Å². The summed E-state index contributed by atoms with van der Waals surface area (Å²) in [5.74, 6) is 0.581. The average molecular weight is 205 g/mol. The highest BCUT2D eigenvalue weighted by Crippen LogP contribution is 2.22. The van der Waals surface area contributed by atoms with Crippen LogP contribution in [-0.4, -0.2) is 12.6 Å². The number of benzene rings is 1. The van der Waals surface area contributed by atoms with Crippen molar-refractivity contribution in [1.29, 1.82) is 0 Å². The van der Waals surface area contributed by atoms with E-state index < -0.39 is 0 Å². The molecule has 0 saturated heterocycles.